The van der Waals surface area contributed by atoms with E-state index in [1.54, 1.807) is 0 Å². The molecule has 2 unspecified atom stereocenters. The topological polar surface area (TPSA) is 49.8 Å². The van der Waals surface area contributed by atoms with E-state index in [0.29, 0.717) is 12.0 Å². The highest BCUT2D eigenvalue weighted by Gasteiger charge is 2.38. The van der Waals surface area contributed by atoms with Crippen molar-refractivity contribution in [2.24, 2.45) is 0 Å². The number of benzene rings is 1. The molecule has 4 heteroatoms. The summed E-state index contributed by atoms with van der Waals surface area (Å²) < 4.78 is 0. The largest absolute Gasteiger partial charge is 0.370 e. The highest BCUT2D eigenvalue weighted by atomic mass is 15.1. The monoisotopic (exact) mass is 268 g/mol. The zero-order chi connectivity index (χ0) is 13.9. The molecular weight excluding hydrogens is 248 g/mol. The highest BCUT2D eigenvalue weighted by Crippen LogP contribution is 2.42. The molecule has 2 N–H and O–H groups in total. The Morgan fingerprint density at radius 3 is 2.65 bits per heavy atom. The summed E-state index contributed by atoms with van der Waals surface area (Å²) in [6.45, 7) is 4.86. The first-order valence-corrected chi connectivity index (χ1v) is 7.17. The van der Waals surface area contributed by atoms with Crippen molar-refractivity contribution in [3.05, 3.63) is 47.8 Å². The Labute approximate surface area is 119 Å². The van der Waals surface area contributed by atoms with Gasteiger partial charge in [-0.3, -0.25) is 0 Å². The van der Waals surface area contributed by atoms with E-state index in [9.17, 15) is 0 Å². The first-order chi connectivity index (χ1) is 9.76. The van der Waals surface area contributed by atoms with Gasteiger partial charge in [0.05, 0.1) is 0 Å². The molecule has 1 aliphatic carbocycles. The maximum atomic E-state index is 4.46. The molecule has 1 fully saturated rings. The summed E-state index contributed by atoms with van der Waals surface area (Å²) >= 11 is 0. The van der Waals surface area contributed by atoms with Crippen molar-refractivity contribution in [3.63, 3.8) is 0 Å². The second-order valence-electron chi connectivity index (χ2n) is 5.22. The van der Waals surface area contributed by atoms with Gasteiger partial charge in [0.2, 0.25) is 0 Å². The van der Waals surface area contributed by atoms with Gasteiger partial charge in [-0.1, -0.05) is 30.3 Å². The summed E-state index contributed by atoms with van der Waals surface area (Å²) in [7, 11) is 0. The van der Waals surface area contributed by atoms with Gasteiger partial charge in [-0.05, 0) is 25.8 Å². The SMILES string of the molecule is CCNc1cc(NC2CC2c2ccccc2)nc(C)n1. The van der Waals surface area contributed by atoms with Crippen LogP contribution in [0, 0.1) is 6.92 Å². The van der Waals surface area contributed by atoms with Crippen LogP contribution in [-0.2, 0) is 0 Å². The van der Waals surface area contributed by atoms with Crippen LogP contribution in [0.2, 0.25) is 0 Å². The van der Waals surface area contributed by atoms with Crippen molar-refractivity contribution < 1.29 is 0 Å². The van der Waals surface area contributed by atoms with E-state index in [4.69, 9.17) is 0 Å². The summed E-state index contributed by atoms with van der Waals surface area (Å²) in [6.07, 6.45) is 1.17. The predicted molar refractivity (Wildman–Crippen MR) is 82.1 cm³/mol. The van der Waals surface area contributed by atoms with E-state index in [1.165, 1.54) is 12.0 Å². The predicted octanol–water partition coefficient (Wildman–Crippen LogP) is 3.18. The lowest BCUT2D eigenvalue weighted by Gasteiger charge is -2.09. The first-order valence-electron chi connectivity index (χ1n) is 7.17. The van der Waals surface area contributed by atoms with Gasteiger partial charge < -0.3 is 10.6 Å². The van der Waals surface area contributed by atoms with Crippen molar-refractivity contribution in [3.8, 4) is 0 Å². The molecule has 1 heterocycles. The Hall–Kier alpha value is -2.10. The van der Waals surface area contributed by atoms with Crippen molar-refractivity contribution in [2.75, 3.05) is 17.2 Å². The van der Waals surface area contributed by atoms with Gasteiger partial charge >= 0.3 is 0 Å². The van der Waals surface area contributed by atoms with Crippen LogP contribution in [0.15, 0.2) is 36.4 Å². The second kappa shape index (κ2) is 5.49. The fourth-order valence-corrected chi connectivity index (χ4v) is 2.53. The Morgan fingerprint density at radius 1 is 1.15 bits per heavy atom. The lowest BCUT2D eigenvalue weighted by molar-refractivity contribution is 0.989. The van der Waals surface area contributed by atoms with Gasteiger partial charge in [0.15, 0.2) is 0 Å². The maximum Gasteiger partial charge on any atom is 0.132 e. The normalized spacial score (nSPS) is 20.5. The van der Waals surface area contributed by atoms with Crippen molar-refractivity contribution in [1.82, 2.24) is 9.97 Å². The summed E-state index contributed by atoms with van der Waals surface area (Å²) in [5.74, 6) is 3.20. The third kappa shape index (κ3) is 2.90. The van der Waals surface area contributed by atoms with Crippen LogP contribution in [0.3, 0.4) is 0 Å². The summed E-state index contributed by atoms with van der Waals surface area (Å²) in [5.41, 5.74) is 1.41. The van der Waals surface area contributed by atoms with Crippen molar-refractivity contribution in [2.45, 2.75) is 32.2 Å². The van der Waals surface area contributed by atoms with Crippen molar-refractivity contribution >= 4 is 11.6 Å². The van der Waals surface area contributed by atoms with Crippen LogP contribution in [0.1, 0.15) is 30.7 Å². The number of hydrogen-bond acceptors (Lipinski definition) is 4. The fourth-order valence-electron chi connectivity index (χ4n) is 2.53. The average Bonchev–Trinajstić information content (AvgIpc) is 3.19. The zero-order valence-electron chi connectivity index (χ0n) is 11.9. The number of nitrogens with zero attached hydrogens (tertiary/aromatic N) is 2. The van der Waals surface area contributed by atoms with E-state index in [-0.39, 0.29) is 0 Å². The Bertz CT molecular complexity index is 582. The number of aryl methyl sites for hydroxylation is 1. The molecule has 1 aromatic carbocycles. The zero-order valence-corrected chi connectivity index (χ0v) is 11.9. The van der Waals surface area contributed by atoms with Crippen molar-refractivity contribution in [1.29, 1.82) is 0 Å². The van der Waals surface area contributed by atoms with Crippen LogP contribution in [-0.4, -0.2) is 22.6 Å². The second-order valence-corrected chi connectivity index (χ2v) is 5.22. The van der Waals surface area contributed by atoms with Gasteiger partial charge in [-0.15, -0.1) is 0 Å². The molecule has 104 valence electrons. The van der Waals surface area contributed by atoms with E-state index in [2.05, 4.69) is 57.9 Å². The quantitative estimate of drug-likeness (QED) is 0.874. The molecular formula is C16H20N4. The molecule has 2 aromatic rings. The lowest BCUT2D eigenvalue weighted by atomic mass is 10.1. The third-order valence-electron chi connectivity index (χ3n) is 3.55. The molecule has 0 spiro atoms. The molecule has 0 aliphatic heterocycles. The number of rotatable bonds is 5. The van der Waals surface area contributed by atoms with Crippen LogP contribution >= 0.6 is 0 Å². The minimum Gasteiger partial charge on any atom is -0.370 e. The Balaban J connectivity index is 1.68. The average molecular weight is 268 g/mol. The Morgan fingerprint density at radius 2 is 1.90 bits per heavy atom. The molecule has 0 radical (unpaired) electrons. The number of hydrogen-bond donors (Lipinski definition) is 2. The molecule has 1 aromatic heterocycles. The van der Waals surface area contributed by atoms with Gasteiger partial charge in [0, 0.05) is 24.6 Å². The van der Waals surface area contributed by atoms with Gasteiger partial charge in [0.25, 0.3) is 0 Å². The van der Waals surface area contributed by atoms with Gasteiger partial charge in [0.1, 0.15) is 17.5 Å². The third-order valence-corrected chi connectivity index (χ3v) is 3.55. The van der Waals surface area contributed by atoms with E-state index >= 15 is 0 Å². The standard InChI is InChI=1S/C16H20N4/c1-3-17-15-10-16(19-11(2)18-15)20-14-9-13(14)12-7-5-4-6-8-12/h4-8,10,13-14H,3,9H2,1-2H3,(H2,17,18,19,20). The highest BCUT2D eigenvalue weighted by molar-refractivity contribution is 5.50. The smallest absolute Gasteiger partial charge is 0.132 e. The summed E-state index contributed by atoms with van der Waals surface area (Å²) in [4.78, 5) is 8.83. The molecule has 1 saturated carbocycles. The van der Waals surface area contributed by atoms with E-state index in [1.807, 2.05) is 13.0 Å². The minimum atomic E-state index is 0.487. The first kappa shape index (κ1) is 12.9. The van der Waals surface area contributed by atoms with E-state index < -0.39 is 0 Å². The van der Waals surface area contributed by atoms with Crippen LogP contribution in [0.4, 0.5) is 11.6 Å². The molecule has 2 atom stereocenters. The molecule has 20 heavy (non-hydrogen) atoms. The molecule has 3 rings (SSSR count). The molecule has 4 nitrogen and oxygen atoms in total. The van der Waals surface area contributed by atoms with E-state index in [0.717, 1.165) is 24.0 Å². The van der Waals surface area contributed by atoms with Gasteiger partial charge in [-0.25, -0.2) is 9.97 Å². The van der Waals surface area contributed by atoms with Crippen LogP contribution in [0.25, 0.3) is 0 Å². The molecule has 0 saturated heterocycles. The lowest BCUT2D eigenvalue weighted by Crippen LogP contribution is -2.09. The minimum absolute atomic E-state index is 0.487. The summed E-state index contributed by atoms with van der Waals surface area (Å²) in [6, 6.07) is 13.1. The number of anilines is 2. The number of nitrogens with one attached hydrogen (secondary N) is 2. The fraction of sp³-hybridized carbons (Fsp3) is 0.375. The van der Waals surface area contributed by atoms with Crippen LogP contribution < -0.4 is 10.6 Å². The molecule has 1 aliphatic rings. The Kier molecular flexibility index (Phi) is 3.54. The number of aromatic nitrogens is 2. The van der Waals surface area contributed by atoms with Gasteiger partial charge in [-0.2, -0.15) is 0 Å². The van der Waals surface area contributed by atoms with Crippen LogP contribution in [0.5, 0.6) is 0 Å². The molecule has 0 amide bonds. The molecule has 0 bridgehead atoms. The summed E-state index contributed by atoms with van der Waals surface area (Å²) in [5, 5.41) is 6.75. The maximum absolute atomic E-state index is 4.46.